The van der Waals surface area contributed by atoms with Crippen molar-refractivity contribution in [2.45, 2.75) is 13.0 Å². The minimum atomic E-state index is -1.18. The highest BCUT2D eigenvalue weighted by atomic mass is 79.9. The van der Waals surface area contributed by atoms with Gasteiger partial charge >= 0.3 is 0 Å². The van der Waals surface area contributed by atoms with Gasteiger partial charge in [0.15, 0.2) is 0 Å². The maximum absolute atomic E-state index is 14.7. The Morgan fingerprint density at radius 3 is 2.59 bits per heavy atom. The van der Waals surface area contributed by atoms with E-state index in [1.54, 1.807) is 6.07 Å². The van der Waals surface area contributed by atoms with E-state index in [1.807, 2.05) is 0 Å². The molecule has 0 saturated carbocycles. The van der Waals surface area contributed by atoms with Crippen molar-refractivity contribution in [2.75, 3.05) is 11.9 Å². The number of nitrogens with one attached hydrogen (secondary N) is 1. The summed E-state index contributed by atoms with van der Waals surface area (Å²) in [5.41, 5.74) is -1.72. The van der Waals surface area contributed by atoms with Crippen LogP contribution in [-0.4, -0.2) is 20.8 Å². The third kappa shape index (κ3) is 3.52. The van der Waals surface area contributed by atoms with Gasteiger partial charge in [0, 0.05) is 30.9 Å². The summed E-state index contributed by atoms with van der Waals surface area (Å²) in [5.74, 6) is -1.85. The van der Waals surface area contributed by atoms with E-state index < -0.39 is 22.8 Å². The topological polar surface area (TPSA) is 76.3 Å². The van der Waals surface area contributed by atoms with Gasteiger partial charge in [-0.05, 0) is 30.7 Å². The number of rotatable bonds is 5. The first-order valence-corrected chi connectivity index (χ1v) is 8.89. The zero-order chi connectivity index (χ0) is 19.7. The number of aliphatic hydroxyl groups is 1. The fraction of sp³-hybridized carbons (Fsp3) is 0.222. The molecule has 2 heterocycles. The Hall–Kier alpha value is -2.52. The van der Waals surface area contributed by atoms with Crippen LogP contribution >= 0.6 is 15.9 Å². The highest BCUT2D eigenvalue weighted by Crippen LogP contribution is 2.28. The number of hydrogen-bond donors (Lipinski definition) is 2. The summed E-state index contributed by atoms with van der Waals surface area (Å²) in [6.45, 7) is 0.114. The largest absolute Gasteiger partial charge is 0.396 e. The van der Waals surface area contributed by atoms with E-state index in [4.69, 9.17) is 5.11 Å². The molecule has 0 atom stereocenters. The first-order chi connectivity index (χ1) is 12.8. The molecule has 0 fully saturated rings. The summed E-state index contributed by atoms with van der Waals surface area (Å²) in [6.07, 6.45) is 1.81. The molecule has 2 N–H and O–H groups in total. The third-order valence-corrected chi connectivity index (χ3v) is 4.71. The lowest BCUT2D eigenvalue weighted by Gasteiger charge is -2.15. The lowest BCUT2D eigenvalue weighted by atomic mass is 10.2. The molecule has 0 spiro atoms. The average molecular weight is 440 g/mol. The zero-order valence-corrected chi connectivity index (χ0v) is 15.9. The Labute approximate surface area is 160 Å². The Bertz CT molecular complexity index is 1140. The molecule has 2 aromatic heterocycles. The van der Waals surface area contributed by atoms with Gasteiger partial charge in [-0.3, -0.25) is 9.59 Å². The molecular weight excluding hydrogens is 424 g/mol. The lowest BCUT2D eigenvalue weighted by Crippen LogP contribution is -2.28. The first-order valence-electron chi connectivity index (χ1n) is 8.09. The molecule has 0 aliphatic heterocycles. The second kappa shape index (κ2) is 7.61. The molecular formula is C18H16BrF2N3O3. The molecule has 0 saturated heterocycles. The normalized spacial score (nSPS) is 11.1. The molecule has 3 rings (SSSR count). The number of aliphatic hydroxyl groups excluding tert-OH is 1. The molecule has 0 aliphatic carbocycles. The molecule has 142 valence electrons. The summed E-state index contributed by atoms with van der Waals surface area (Å²) in [5, 5.41) is 11.5. The summed E-state index contributed by atoms with van der Waals surface area (Å²) < 4.78 is 31.8. The van der Waals surface area contributed by atoms with Crippen molar-refractivity contribution in [1.29, 1.82) is 0 Å². The molecule has 0 unspecified atom stereocenters. The fourth-order valence-electron chi connectivity index (χ4n) is 2.81. The van der Waals surface area contributed by atoms with Crippen molar-refractivity contribution in [1.82, 2.24) is 9.13 Å². The minimum Gasteiger partial charge on any atom is -0.396 e. The smallest absolute Gasteiger partial charge is 0.289 e. The van der Waals surface area contributed by atoms with Crippen molar-refractivity contribution < 1.29 is 13.9 Å². The molecule has 9 heteroatoms. The van der Waals surface area contributed by atoms with E-state index >= 15 is 0 Å². The summed E-state index contributed by atoms with van der Waals surface area (Å²) in [7, 11) is 1.36. The number of hydrogen-bond acceptors (Lipinski definition) is 4. The number of anilines is 2. The number of benzene rings is 1. The van der Waals surface area contributed by atoms with Crippen LogP contribution in [0.15, 0.2) is 44.5 Å². The minimum absolute atomic E-state index is 0.0719. The van der Waals surface area contributed by atoms with Crippen LogP contribution in [0.1, 0.15) is 6.42 Å². The van der Waals surface area contributed by atoms with Crippen LogP contribution in [0.3, 0.4) is 0 Å². The Kier molecular flexibility index (Phi) is 5.43. The van der Waals surface area contributed by atoms with E-state index in [2.05, 4.69) is 21.2 Å². The molecule has 6 nitrogen and oxygen atoms in total. The number of aryl methyl sites for hydroxylation is 2. The number of nitrogens with zero attached hydrogens (tertiary/aromatic N) is 2. The van der Waals surface area contributed by atoms with Crippen molar-refractivity contribution in [3.63, 3.8) is 0 Å². The standard InChI is InChI=1S/C18H16BrF2N3O3/c1-23-13-5-7-24(6-2-8-25)17(26)14(13)16(15(21)18(23)27)22-12-4-3-10(19)9-11(12)20/h3-5,7,9,22,25H,2,6,8H2,1H3. The van der Waals surface area contributed by atoms with E-state index in [1.165, 1.54) is 36.0 Å². The highest BCUT2D eigenvalue weighted by molar-refractivity contribution is 9.10. The predicted octanol–water partition coefficient (Wildman–Crippen LogP) is 2.87. The van der Waals surface area contributed by atoms with E-state index in [0.29, 0.717) is 10.9 Å². The SMILES string of the molecule is Cn1c(=O)c(F)c(Nc2ccc(Br)cc2F)c2c(=O)n(CCCO)ccc21. The van der Waals surface area contributed by atoms with Crippen molar-refractivity contribution in [2.24, 2.45) is 7.05 Å². The molecule has 3 aromatic rings. The maximum atomic E-state index is 14.7. The Morgan fingerprint density at radius 2 is 1.93 bits per heavy atom. The summed E-state index contributed by atoms with van der Waals surface area (Å²) >= 11 is 3.13. The van der Waals surface area contributed by atoms with Gasteiger partial charge in [0.2, 0.25) is 5.82 Å². The number of pyridine rings is 2. The third-order valence-electron chi connectivity index (χ3n) is 4.21. The van der Waals surface area contributed by atoms with Crippen LogP contribution in [0.4, 0.5) is 20.2 Å². The van der Waals surface area contributed by atoms with Crippen LogP contribution in [-0.2, 0) is 13.6 Å². The number of halogens is 3. The van der Waals surface area contributed by atoms with Gasteiger partial charge in [0.05, 0.1) is 22.3 Å². The zero-order valence-electron chi connectivity index (χ0n) is 14.3. The molecule has 0 radical (unpaired) electrons. The Morgan fingerprint density at radius 1 is 1.19 bits per heavy atom. The van der Waals surface area contributed by atoms with E-state index in [-0.39, 0.29) is 35.4 Å². The van der Waals surface area contributed by atoms with Gasteiger partial charge < -0.3 is 19.6 Å². The number of fused-ring (bicyclic) bond motifs is 1. The van der Waals surface area contributed by atoms with Gasteiger partial charge in [-0.25, -0.2) is 4.39 Å². The van der Waals surface area contributed by atoms with E-state index in [9.17, 15) is 18.4 Å². The van der Waals surface area contributed by atoms with Crippen molar-refractivity contribution in [3.05, 3.63) is 67.3 Å². The monoisotopic (exact) mass is 439 g/mol. The predicted molar refractivity (Wildman–Crippen MR) is 102 cm³/mol. The molecule has 0 amide bonds. The first kappa shape index (κ1) is 19.2. The average Bonchev–Trinajstić information content (AvgIpc) is 2.64. The van der Waals surface area contributed by atoms with Gasteiger partial charge in [0.25, 0.3) is 11.1 Å². The second-order valence-electron chi connectivity index (χ2n) is 5.95. The van der Waals surface area contributed by atoms with Gasteiger partial charge in [-0.2, -0.15) is 4.39 Å². The van der Waals surface area contributed by atoms with Crippen LogP contribution in [0.25, 0.3) is 10.9 Å². The second-order valence-corrected chi connectivity index (χ2v) is 6.87. The highest BCUT2D eigenvalue weighted by Gasteiger charge is 2.20. The van der Waals surface area contributed by atoms with E-state index in [0.717, 1.165) is 4.57 Å². The summed E-state index contributed by atoms with van der Waals surface area (Å²) in [6, 6.07) is 5.61. The molecule has 27 heavy (non-hydrogen) atoms. The quantitative estimate of drug-likeness (QED) is 0.640. The molecule has 0 bridgehead atoms. The van der Waals surface area contributed by atoms with Crippen molar-refractivity contribution >= 4 is 38.2 Å². The van der Waals surface area contributed by atoms with Crippen LogP contribution in [0.5, 0.6) is 0 Å². The molecule has 0 aliphatic rings. The summed E-state index contributed by atoms with van der Waals surface area (Å²) in [4.78, 5) is 25.1. The van der Waals surface area contributed by atoms with Gasteiger partial charge in [-0.15, -0.1) is 0 Å². The lowest BCUT2D eigenvalue weighted by molar-refractivity contribution is 0.279. The fourth-order valence-corrected chi connectivity index (χ4v) is 3.15. The van der Waals surface area contributed by atoms with Crippen LogP contribution in [0, 0.1) is 11.6 Å². The number of aromatic nitrogens is 2. The Balaban J connectivity index is 2.29. The van der Waals surface area contributed by atoms with Gasteiger partial charge in [-0.1, -0.05) is 15.9 Å². The van der Waals surface area contributed by atoms with Crippen LogP contribution < -0.4 is 16.4 Å². The van der Waals surface area contributed by atoms with Crippen LogP contribution in [0.2, 0.25) is 0 Å². The van der Waals surface area contributed by atoms with Crippen molar-refractivity contribution in [3.8, 4) is 0 Å². The van der Waals surface area contributed by atoms with Gasteiger partial charge in [0.1, 0.15) is 5.82 Å². The molecule has 1 aromatic carbocycles. The maximum Gasteiger partial charge on any atom is 0.289 e.